The third kappa shape index (κ3) is 5.14. The summed E-state index contributed by atoms with van der Waals surface area (Å²) in [7, 11) is -1.46. The van der Waals surface area contributed by atoms with Crippen molar-refractivity contribution in [1.82, 2.24) is 9.21 Å². The molecule has 172 valence electrons. The smallest absolute Gasteiger partial charge is 0.243 e. The van der Waals surface area contributed by atoms with Crippen LogP contribution in [0.25, 0.3) is 0 Å². The molecule has 0 aromatic heterocycles. The summed E-state index contributed by atoms with van der Waals surface area (Å²) in [5.74, 6) is -0.484. The van der Waals surface area contributed by atoms with Gasteiger partial charge >= 0.3 is 0 Å². The second-order valence-electron chi connectivity index (χ2n) is 8.84. The monoisotopic (exact) mass is 456 g/mol. The average molecular weight is 457 g/mol. The Balaban J connectivity index is 1.37. The van der Waals surface area contributed by atoms with Gasteiger partial charge in [-0.15, -0.1) is 0 Å². The van der Waals surface area contributed by atoms with Crippen LogP contribution < -0.4 is 10.2 Å². The van der Waals surface area contributed by atoms with Crippen LogP contribution in [-0.2, 0) is 14.8 Å². The molecule has 1 unspecified atom stereocenters. The lowest BCUT2D eigenvalue weighted by Gasteiger charge is -2.34. The van der Waals surface area contributed by atoms with Gasteiger partial charge in [-0.3, -0.25) is 4.79 Å². The highest BCUT2D eigenvalue weighted by molar-refractivity contribution is 7.89. The van der Waals surface area contributed by atoms with Gasteiger partial charge in [-0.25, -0.2) is 8.42 Å². The topological polar surface area (TPSA) is 73.0 Å². The highest BCUT2D eigenvalue weighted by Crippen LogP contribution is 2.26. The van der Waals surface area contributed by atoms with Crippen molar-refractivity contribution in [2.24, 2.45) is 5.92 Å². The number of hydrogen-bond donors (Lipinski definition) is 1. The van der Waals surface area contributed by atoms with Crippen molar-refractivity contribution >= 4 is 27.3 Å². The first-order valence-electron chi connectivity index (χ1n) is 11.2. The Hall–Kier alpha value is -2.42. The zero-order chi connectivity index (χ0) is 22.7. The van der Waals surface area contributed by atoms with Crippen molar-refractivity contribution in [3.8, 4) is 0 Å². The van der Waals surface area contributed by atoms with Gasteiger partial charge in [0.2, 0.25) is 15.9 Å². The Bertz CT molecular complexity index is 1030. The van der Waals surface area contributed by atoms with E-state index in [1.807, 2.05) is 31.2 Å². The summed E-state index contributed by atoms with van der Waals surface area (Å²) in [5.41, 5.74) is 2.91. The molecule has 7 nitrogen and oxygen atoms in total. The first-order valence-corrected chi connectivity index (χ1v) is 12.7. The molecular weight excluding hydrogens is 424 g/mol. The van der Waals surface area contributed by atoms with Gasteiger partial charge in [-0.05, 0) is 63.2 Å². The Kier molecular flexibility index (Phi) is 6.83. The summed E-state index contributed by atoms with van der Waals surface area (Å²) in [6.45, 7) is 6.66. The van der Waals surface area contributed by atoms with Crippen LogP contribution in [0.3, 0.4) is 0 Å². The predicted octanol–water partition coefficient (Wildman–Crippen LogP) is 2.79. The number of aryl methyl sites for hydroxylation is 1. The van der Waals surface area contributed by atoms with Crippen LogP contribution in [0.2, 0.25) is 0 Å². The number of nitrogens with zero attached hydrogens (tertiary/aromatic N) is 3. The quantitative estimate of drug-likeness (QED) is 0.749. The summed E-state index contributed by atoms with van der Waals surface area (Å²) in [6.07, 6.45) is 1.36. The van der Waals surface area contributed by atoms with Crippen molar-refractivity contribution in [3.63, 3.8) is 0 Å². The first kappa shape index (κ1) is 22.8. The summed E-state index contributed by atoms with van der Waals surface area (Å²) in [5, 5.41) is 2.98. The van der Waals surface area contributed by atoms with Crippen molar-refractivity contribution < 1.29 is 13.2 Å². The van der Waals surface area contributed by atoms with Crippen molar-refractivity contribution in [1.29, 1.82) is 0 Å². The molecule has 2 aliphatic heterocycles. The van der Waals surface area contributed by atoms with Crippen molar-refractivity contribution in [2.45, 2.75) is 24.7 Å². The summed E-state index contributed by atoms with van der Waals surface area (Å²) in [6, 6.07) is 14.8. The van der Waals surface area contributed by atoms with E-state index >= 15 is 0 Å². The number of hydrogen-bond acceptors (Lipinski definition) is 5. The molecule has 0 spiro atoms. The number of anilines is 2. The second kappa shape index (κ2) is 9.60. The Labute approximate surface area is 191 Å². The lowest BCUT2D eigenvalue weighted by molar-refractivity contribution is -0.120. The molecule has 2 saturated heterocycles. The maximum absolute atomic E-state index is 13.0. The predicted molar refractivity (Wildman–Crippen MR) is 127 cm³/mol. The van der Waals surface area contributed by atoms with Crippen LogP contribution in [0, 0.1) is 12.8 Å². The molecule has 1 N–H and O–H groups in total. The molecule has 2 aliphatic rings. The van der Waals surface area contributed by atoms with Crippen LogP contribution in [0.1, 0.15) is 18.4 Å². The van der Waals surface area contributed by atoms with Crippen molar-refractivity contribution in [3.05, 3.63) is 54.1 Å². The fraction of sp³-hybridized carbons (Fsp3) is 0.458. The van der Waals surface area contributed by atoms with Crippen LogP contribution >= 0.6 is 0 Å². The SMILES string of the molecule is Cc1ccc(S(=O)(=O)N2CCCC(C(=O)Nc3ccc(N4CCN(C)CC4)cc3)C2)cc1. The molecule has 1 amide bonds. The lowest BCUT2D eigenvalue weighted by Crippen LogP contribution is -2.44. The van der Waals surface area contributed by atoms with Gasteiger partial charge in [0.15, 0.2) is 0 Å². The van der Waals surface area contributed by atoms with Gasteiger partial charge in [-0.2, -0.15) is 4.31 Å². The van der Waals surface area contributed by atoms with E-state index in [0.29, 0.717) is 19.4 Å². The molecule has 32 heavy (non-hydrogen) atoms. The van der Waals surface area contributed by atoms with E-state index in [-0.39, 0.29) is 23.3 Å². The standard InChI is InChI=1S/C24H32N4O3S/c1-19-5-11-23(12-6-19)32(30,31)28-13-3-4-20(18-28)24(29)25-21-7-9-22(10-8-21)27-16-14-26(2)15-17-27/h5-12,20H,3-4,13-18H2,1-2H3,(H,25,29). The molecule has 0 bridgehead atoms. The Morgan fingerprint density at radius 3 is 2.25 bits per heavy atom. The van der Waals surface area contributed by atoms with Gasteiger partial charge < -0.3 is 15.1 Å². The molecule has 0 aliphatic carbocycles. The maximum Gasteiger partial charge on any atom is 0.243 e. The van der Waals surface area contributed by atoms with Gasteiger partial charge in [0.25, 0.3) is 0 Å². The van der Waals surface area contributed by atoms with E-state index in [0.717, 1.165) is 43.1 Å². The van der Waals surface area contributed by atoms with E-state index in [4.69, 9.17) is 0 Å². The number of carbonyl (C=O) groups is 1. The lowest BCUT2D eigenvalue weighted by atomic mass is 9.98. The highest BCUT2D eigenvalue weighted by atomic mass is 32.2. The molecule has 1 atom stereocenters. The van der Waals surface area contributed by atoms with E-state index in [9.17, 15) is 13.2 Å². The largest absolute Gasteiger partial charge is 0.369 e. The van der Waals surface area contributed by atoms with E-state index in [1.165, 1.54) is 4.31 Å². The second-order valence-corrected chi connectivity index (χ2v) is 10.8. The van der Waals surface area contributed by atoms with Gasteiger partial charge in [0.05, 0.1) is 10.8 Å². The van der Waals surface area contributed by atoms with E-state index in [1.54, 1.807) is 24.3 Å². The van der Waals surface area contributed by atoms with E-state index < -0.39 is 10.0 Å². The number of sulfonamides is 1. The maximum atomic E-state index is 13.0. The highest BCUT2D eigenvalue weighted by Gasteiger charge is 2.33. The van der Waals surface area contributed by atoms with Gasteiger partial charge in [0.1, 0.15) is 0 Å². The fourth-order valence-electron chi connectivity index (χ4n) is 4.30. The molecule has 0 saturated carbocycles. The number of nitrogens with one attached hydrogen (secondary N) is 1. The molecular formula is C24H32N4O3S. The van der Waals surface area contributed by atoms with Crippen LogP contribution in [0.4, 0.5) is 11.4 Å². The number of amides is 1. The minimum atomic E-state index is -3.60. The molecule has 2 fully saturated rings. The summed E-state index contributed by atoms with van der Waals surface area (Å²) >= 11 is 0. The molecule has 0 radical (unpaired) electrons. The molecule has 2 aromatic rings. The number of piperazine rings is 1. The third-order valence-electron chi connectivity index (χ3n) is 6.42. The number of piperidine rings is 1. The van der Waals surface area contributed by atoms with Crippen molar-refractivity contribution in [2.75, 3.05) is 56.5 Å². The number of likely N-dealkylation sites (N-methyl/N-ethyl adjacent to an activating group) is 1. The minimum absolute atomic E-state index is 0.124. The molecule has 2 aromatic carbocycles. The zero-order valence-corrected chi connectivity index (χ0v) is 19.6. The molecule has 8 heteroatoms. The van der Waals surface area contributed by atoms with Crippen LogP contribution in [0.5, 0.6) is 0 Å². The number of benzene rings is 2. The summed E-state index contributed by atoms with van der Waals surface area (Å²) < 4.78 is 27.5. The summed E-state index contributed by atoms with van der Waals surface area (Å²) in [4.78, 5) is 17.8. The number of carbonyl (C=O) groups excluding carboxylic acids is 1. The number of rotatable bonds is 5. The third-order valence-corrected chi connectivity index (χ3v) is 8.30. The zero-order valence-electron chi connectivity index (χ0n) is 18.8. The van der Waals surface area contributed by atoms with Crippen LogP contribution in [-0.4, -0.2) is 69.8 Å². The molecule has 4 rings (SSSR count). The Morgan fingerprint density at radius 1 is 0.938 bits per heavy atom. The minimum Gasteiger partial charge on any atom is -0.369 e. The molecule has 2 heterocycles. The van der Waals surface area contributed by atoms with Crippen LogP contribution in [0.15, 0.2) is 53.4 Å². The average Bonchev–Trinajstić information content (AvgIpc) is 2.80. The van der Waals surface area contributed by atoms with Gasteiger partial charge in [0, 0.05) is 50.6 Å². The fourth-order valence-corrected chi connectivity index (χ4v) is 5.82. The normalized spacial score (nSPS) is 20.8. The first-order chi connectivity index (χ1) is 15.3. The van der Waals surface area contributed by atoms with E-state index in [2.05, 4.69) is 22.2 Å². The Morgan fingerprint density at radius 2 is 1.59 bits per heavy atom. The van der Waals surface area contributed by atoms with Gasteiger partial charge in [-0.1, -0.05) is 17.7 Å².